The van der Waals surface area contributed by atoms with Gasteiger partial charge in [0.15, 0.2) is 0 Å². The molecule has 0 aliphatic heterocycles. The van der Waals surface area contributed by atoms with Gasteiger partial charge in [0.05, 0.1) is 29.9 Å². The van der Waals surface area contributed by atoms with Gasteiger partial charge in [-0.05, 0) is 30.3 Å². The van der Waals surface area contributed by atoms with Gasteiger partial charge in [0, 0.05) is 5.69 Å². The number of benzene rings is 2. The summed E-state index contributed by atoms with van der Waals surface area (Å²) in [5, 5.41) is 5.39. The number of hydrogen-bond donors (Lipinski definition) is 2. The number of rotatable bonds is 5. The Kier molecular flexibility index (Phi) is 5.54. The molecular weight excluding hydrogens is 323 g/mol. The largest absolute Gasteiger partial charge is 0.465 e. The number of anilines is 2. The number of carbonyl (C=O) groups excluding carboxylic acids is 2. The minimum absolute atomic E-state index is 0.0357. The summed E-state index contributed by atoms with van der Waals surface area (Å²) in [4.78, 5) is 23.6. The van der Waals surface area contributed by atoms with Crippen molar-refractivity contribution in [3.05, 3.63) is 58.9 Å². The molecule has 0 aliphatic rings. The molecule has 0 saturated heterocycles. The van der Waals surface area contributed by atoms with Gasteiger partial charge in [-0.15, -0.1) is 0 Å². The molecular formula is C16H14ClFN2O3. The Bertz CT molecular complexity index is 737. The topological polar surface area (TPSA) is 67.4 Å². The first-order chi connectivity index (χ1) is 11.0. The van der Waals surface area contributed by atoms with Crippen molar-refractivity contribution in [2.75, 3.05) is 24.3 Å². The van der Waals surface area contributed by atoms with E-state index in [1.165, 1.54) is 25.3 Å². The number of carbonyl (C=O) groups is 2. The number of methoxy groups -OCH3 is 1. The Morgan fingerprint density at radius 3 is 2.65 bits per heavy atom. The van der Waals surface area contributed by atoms with Gasteiger partial charge in [-0.3, -0.25) is 4.79 Å². The first-order valence-corrected chi connectivity index (χ1v) is 7.05. The maximum absolute atomic E-state index is 13.1. The Labute approximate surface area is 137 Å². The molecule has 0 unspecified atom stereocenters. The van der Waals surface area contributed by atoms with Crippen molar-refractivity contribution in [2.24, 2.45) is 0 Å². The van der Waals surface area contributed by atoms with Crippen molar-refractivity contribution in [3.63, 3.8) is 0 Å². The molecule has 120 valence electrons. The summed E-state index contributed by atoms with van der Waals surface area (Å²) < 4.78 is 17.7. The van der Waals surface area contributed by atoms with Crippen LogP contribution >= 0.6 is 11.6 Å². The van der Waals surface area contributed by atoms with E-state index in [2.05, 4.69) is 15.4 Å². The standard InChI is InChI=1S/C16H14ClFN2O3/c1-23-16(22)11-4-2-3-5-14(11)20-15(21)9-19-10-6-7-13(18)12(17)8-10/h2-8,19H,9H2,1H3,(H,20,21). The van der Waals surface area contributed by atoms with Gasteiger partial charge in [-0.25, -0.2) is 9.18 Å². The number of esters is 1. The number of hydrogen-bond acceptors (Lipinski definition) is 4. The Morgan fingerprint density at radius 1 is 1.22 bits per heavy atom. The van der Waals surface area contributed by atoms with Crippen LogP contribution in [0.5, 0.6) is 0 Å². The van der Waals surface area contributed by atoms with Crippen LogP contribution in [0.3, 0.4) is 0 Å². The van der Waals surface area contributed by atoms with Crippen molar-refractivity contribution >= 4 is 34.9 Å². The molecule has 0 spiro atoms. The molecule has 2 aromatic carbocycles. The van der Waals surface area contributed by atoms with Crippen LogP contribution in [0.2, 0.25) is 5.02 Å². The van der Waals surface area contributed by atoms with E-state index in [-0.39, 0.29) is 23.0 Å². The van der Waals surface area contributed by atoms with Crippen LogP contribution in [0.1, 0.15) is 10.4 Å². The third kappa shape index (κ3) is 4.43. The van der Waals surface area contributed by atoms with Gasteiger partial charge in [0.1, 0.15) is 5.82 Å². The summed E-state index contributed by atoms with van der Waals surface area (Å²) in [6.07, 6.45) is 0. The van der Waals surface area contributed by atoms with Crippen molar-refractivity contribution in [1.82, 2.24) is 0 Å². The van der Waals surface area contributed by atoms with Crippen LogP contribution in [-0.2, 0) is 9.53 Å². The van der Waals surface area contributed by atoms with E-state index in [9.17, 15) is 14.0 Å². The van der Waals surface area contributed by atoms with Crippen LogP contribution in [0.25, 0.3) is 0 Å². The summed E-state index contributed by atoms with van der Waals surface area (Å²) in [6.45, 7) is -0.0720. The zero-order valence-electron chi connectivity index (χ0n) is 12.2. The second-order valence-corrected chi connectivity index (χ2v) is 4.97. The van der Waals surface area contributed by atoms with Crippen molar-refractivity contribution < 1.29 is 18.7 Å². The first-order valence-electron chi connectivity index (χ1n) is 6.67. The number of amides is 1. The van der Waals surface area contributed by atoms with Crippen molar-refractivity contribution in [2.45, 2.75) is 0 Å². The second kappa shape index (κ2) is 7.60. The molecule has 23 heavy (non-hydrogen) atoms. The number of nitrogens with one attached hydrogen (secondary N) is 2. The SMILES string of the molecule is COC(=O)c1ccccc1NC(=O)CNc1ccc(F)c(Cl)c1. The highest BCUT2D eigenvalue weighted by Crippen LogP contribution is 2.19. The van der Waals surface area contributed by atoms with Crippen LogP contribution in [0.15, 0.2) is 42.5 Å². The molecule has 7 heteroatoms. The molecule has 0 saturated carbocycles. The maximum atomic E-state index is 13.1. The van der Waals surface area contributed by atoms with Gasteiger partial charge in [0.25, 0.3) is 0 Å². The van der Waals surface area contributed by atoms with Gasteiger partial charge >= 0.3 is 5.97 Å². The summed E-state index contributed by atoms with van der Waals surface area (Å²) >= 11 is 5.66. The number of para-hydroxylation sites is 1. The lowest BCUT2D eigenvalue weighted by Crippen LogP contribution is -2.23. The van der Waals surface area contributed by atoms with Gasteiger partial charge in [0.2, 0.25) is 5.91 Å². The minimum atomic E-state index is -0.542. The summed E-state index contributed by atoms with van der Waals surface area (Å²) in [5.74, 6) is -1.45. The highest BCUT2D eigenvalue weighted by molar-refractivity contribution is 6.31. The summed E-state index contributed by atoms with van der Waals surface area (Å²) in [6, 6.07) is 10.6. The van der Waals surface area contributed by atoms with E-state index >= 15 is 0 Å². The average molecular weight is 337 g/mol. The minimum Gasteiger partial charge on any atom is -0.465 e. The molecule has 2 rings (SSSR count). The molecule has 0 aromatic heterocycles. The zero-order valence-corrected chi connectivity index (χ0v) is 13.0. The second-order valence-electron chi connectivity index (χ2n) is 4.57. The fraction of sp³-hybridized carbons (Fsp3) is 0.125. The smallest absolute Gasteiger partial charge is 0.339 e. The predicted octanol–water partition coefficient (Wildman–Crippen LogP) is 3.32. The molecule has 0 radical (unpaired) electrons. The lowest BCUT2D eigenvalue weighted by Gasteiger charge is -2.11. The van der Waals surface area contributed by atoms with Crippen molar-refractivity contribution in [1.29, 1.82) is 0 Å². The summed E-state index contributed by atoms with van der Waals surface area (Å²) in [7, 11) is 1.26. The molecule has 0 aliphatic carbocycles. The molecule has 0 heterocycles. The third-order valence-electron chi connectivity index (χ3n) is 2.98. The Morgan fingerprint density at radius 2 is 1.96 bits per heavy atom. The molecule has 0 fully saturated rings. The monoisotopic (exact) mass is 336 g/mol. The van der Waals surface area contributed by atoms with Crippen LogP contribution in [0.4, 0.5) is 15.8 Å². The zero-order chi connectivity index (χ0) is 16.8. The fourth-order valence-electron chi connectivity index (χ4n) is 1.86. The maximum Gasteiger partial charge on any atom is 0.339 e. The van der Waals surface area contributed by atoms with Gasteiger partial charge < -0.3 is 15.4 Å². The molecule has 2 aromatic rings. The Hall–Kier alpha value is -2.60. The average Bonchev–Trinajstić information content (AvgIpc) is 2.55. The van der Waals surface area contributed by atoms with E-state index in [0.29, 0.717) is 11.4 Å². The van der Waals surface area contributed by atoms with Crippen LogP contribution < -0.4 is 10.6 Å². The van der Waals surface area contributed by atoms with Crippen LogP contribution in [0, 0.1) is 5.82 Å². The number of halogens is 2. The predicted molar refractivity (Wildman–Crippen MR) is 86.3 cm³/mol. The lowest BCUT2D eigenvalue weighted by molar-refractivity contribution is -0.114. The van der Waals surface area contributed by atoms with Crippen molar-refractivity contribution in [3.8, 4) is 0 Å². The third-order valence-corrected chi connectivity index (χ3v) is 3.27. The normalized spacial score (nSPS) is 10.0. The van der Waals surface area contributed by atoms with Gasteiger partial charge in [-0.1, -0.05) is 23.7 Å². The summed E-state index contributed by atoms with van der Waals surface area (Å²) in [5.41, 5.74) is 1.12. The van der Waals surface area contributed by atoms with Crippen LogP contribution in [-0.4, -0.2) is 25.5 Å². The quantitative estimate of drug-likeness (QED) is 0.822. The van der Waals surface area contributed by atoms with E-state index in [4.69, 9.17) is 11.6 Å². The fourth-order valence-corrected chi connectivity index (χ4v) is 2.04. The molecule has 0 atom stereocenters. The molecule has 5 nitrogen and oxygen atoms in total. The van der Waals surface area contributed by atoms with Gasteiger partial charge in [-0.2, -0.15) is 0 Å². The van der Waals surface area contributed by atoms with E-state index in [0.717, 1.165) is 0 Å². The number of ether oxygens (including phenoxy) is 1. The molecule has 0 bridgehead atoms. The van der Waals surface area contributed by atoms with E-state index in [1.54, 1.807) is 24.3 Å². The Balaban J connectivity index is 2.00. The first kappa shape index (κ1) is 16.8. The lowest BCUT2D eigenvalue weighted by atomic mass is 10.2. The van der Waals surface area contributed by atoms with E-state index in [1.807, 2.05) is 0 Å². The highest BCUT2D eigenvalue weighted by Gasteiger charge is 2.13. The molecule has 1 amide bonds. The van der Waals surface area contributed by atoms with E-state index < -0.39 is 11.8 Å². The highest BCUT2D eigenvalue weighted by atomic mass is 35.5. The molecule has 2 N–H and O–H groups in total.